The number of hydrogen-bond acceptors (Lipinski definition) is 5. The fraction of sp³-hybridized carbons (Fsp3) is 0.0952. The molecule has 0 fully saturated rings. The normalized spacial score (nSPS) is 10.7. The van der Waals surface area contributed by atoms with Crippen LogP contribution in [0.15, 0.2) is 78.2 Å². The number of thioether (sulfide) groups is 1. The standard InChI is InChI=1S/C21H18FN5O2S/c1-29-18-11-5-2-8-15(18)20-24-25-21(27(20)26-12-6-7-13-26)30-14-19(28)23-17-10-4-3-9-16(17)22/h2-13H,14H2,1H3,(H,23,28). The zero-order valence-electron chi connectivity index (χ0n) is 16.0. The van der Waals surface area contributed by atoms with Gasteiger partial charge in [0.2, 0.25) is 11.1 Å². The van der Waals surface area contributed by atoms with E-state index in [2.05, 4.69) is 15.5 Å². The van der Waals surface area contributed by atoms with E-state index in [0.717, 1.165) is 5.56 Å². The van der Waals surface area contributed by atoms with E-state index in [0.29, 0.717) is 16.7 Å². The highest BCUT2D eigenvalue weighted by atomic mass is 32.2. The molecule has 4 rings (SSSR count). The Hall–Kier alpha value is -3.59. The molecule has 0 unspecified atom stereocenters. The Balaban J connectivity index is 1.60. The van der Waals surface area contributed by atoms with Crippen molar-refractivity contribution in [1.29, 1.82) is 0 Å². The molecule has 2 heterocycles. The van der Waals surface area contributed by atoms with Crippen LogP contribution in [0.5, 0.6) is 5.75 Å². The molecule has 7 nitrogen and oxygen atoms in total. The zero-order chi connectivity index (χ0) is 20.9. The molecule has 0 aliphatic rings. The molecule has 2 aromatic carbocycles. The number of halogens is 1. The second-order valence-corrected chi connectivity index (χ2v) is 7.14. The maximum absolute atomic E-state index is 13.8. The summed E-state index contributed by atoms with van der Waals surface area (Å²) < 4.78 is 22.8. The highest BCUT2D eigenvalue weighted by Gasteiger charge is 2.19. The van der Waals surface area contributed by atoms with Crippen molar-refractivity contribution in [2.24, 2.45) is 0 Å². The molecule has 30 heavy (non-hydrogen) atoms. The second-order valence-electron chi connectivity index (χ2n) is 6.20. The summed E-state index contributed by atoms with van der Waals surface area (Å²) >= 11 is 1.20. The molecular weight excluding hydrogens is 405 g/mol. The maximum Gasteiger partial charge on any atom is 0.234 e. The van der Waals surface area contributed by atoms with Gasteiger partial charge in [0.1, 0.15) is 11.6 Å². The molecule has 0 atom stereocenters. The molecule has 152 valence electrons. The van der Waals surface area contributed by atoms with Gasteiger partial charge in [-0.3, -0.25) is 9.47 Å². The number of amides is 1. The third kappa shape index (κ3) is 4.06. The molecule has 0 bridgehead atoms. The number of ether oxygens (including phenoxy) is 1. The first-order chi connectivity index (χ1) is 14.7. The molecular formula is C21H18FN5O2S. The average molecular weight is 423 g/mol. The number of rotatable bonds is 7. The van der Waals surface area contributed by atoms with Gasteiger partial charge in [0.15, 0.2) is 5.82 Å². The number of para-hydroxylation sites is 2. The first kappa shape index (κ1) is 19.7. The first-order valence-electron chi connectivity index (χ1n) is 9.07. The highest BCUT2D eigenvalue weighted by molar-refractivity contribution is 7.99. The number of methoxy groups -OCH3 is 1. The number of benzene rings is 2. The van der Waals surface area contributed by atoms with Gasteiger partial charge in [0.25, 0.3) is 0 Å². The van der Waals surface area contributed by atoms with Crippen LogP contribution < -0.4 is 10.1 Å². The Kier molecular flexibility index (Phi) is 5.80. The zero-order valence-corrected chi connectivity index (χ0v) is 16.8. The van der Waals surface area contributed by atoms with Gasteiger partial charge in [-0.05, 0) is 36.4 Å². The van der Waals surface area contributed by atoms with Gasteiger partial charge in [-0.1, -0.05) is 36.0 Å². The van der Waals surface area contributed by atoms with Crippen molar-refractivity contribution in [3.05, 3.63) is 78.9 Å². The van der Waals surface area contributed by atoms with Crippen LogP contribution in [0.3, 0.4) is 0 Å². The molecule has 0 spiro atoms. The number of hydrogen-bond donors (Lipinski definition) is 1. The SMILES string of the molecule is COc1ccccc1-c1nnc(SCC(=O)Nc2ccccc2F)n1-n1cccc1. The molecule has 4 aromatic rings. The maximum atomic E-state index is 13.8. The van der Waals surface area contributed by atoms with E-state index in [4.69, 9.17) is 4.74 Å². The minimum atomic E-state index is -0.482. The molecule has 1 amide bonds. The topological polar surface area (TPSA) is 74.0 Å². The Bertz CT molecular complexity index is 1160. The number of nitrogens with zero attached hydrogens (tertiary/aromatic N) is 4. The molecule has 2 aromatic heterocycles. The molecule has 0 saturated heterocycles. The lowest BCUT2D eigenvalue weighted by Gasteiger charge is -2.13. The number of carbonyl (C=O) groups is 1. The average Bonchev–Trinajstić information content (AvgIpc) is 3.43. The molecule has 0 aliphatic carbocycles. The number of aromatic nitrogens is 4. The monoisotopic (exact) mass is 423 g/mol. The third-order valence-electron chi connectivity index (χ3n) is 4.26. The van der Waals surface area contributed by atoms with Gasteiger partial charge < -0.3 is 10.1 Å². The summed E-state index contributed by atoms with van der Waals surface area (Å²) in [5, 5.41) is 11.7. The van der Waals surface area contributed by atoms with Crippen molar-refractivity contribution in [3.63, 3.8) is 0 Å². The van der Waals surface area contributed by atoms with Crippen LogP contribution in [-0.4, -0.2) is 38.3 Å². The van der Waals surface area contributed by atoms with Crippen molar-refractivity contribution in [2.45, 2.75) is 5.16 Å². The lowest BCUT2D eigenvalue weighted by molar-refractivity contribution is -0.113. The largest absolute Gasteiger partial charge is 0.496 e. The second kappa shape index (κ2) is 8.83. The van der Waals surface area contributed by atoms with E-state index in [1.54, 1.807) is 23.9 Å². The minimum absolute atomic E-state index is 0.0413. The summed E-state index contributed by atoms with van der Waals surface area (Å²) in [4.78, 5) is 12.3. The van der Waals surface area contributed by atoms with Gasteiger partial charge in [0.05, 0.1) is 24.1 Å². The summed E-state index contributed by atoms with van der Waals surface area (Å²) in [6.45, 7) is 0. The summed E-state index contributed by atoms with van der Waals surface area (Å²) in [6.07, 6.45) is 3.71. The summed E-state index contributed by atoms with van der Waals surface area (Å²) in [5.74, 6) is 0.447. The van der Waals surface area contributed by atoms with Crippen molar-refractivity contribution in [1.82, 2.24) is 19.5 Å². The molecule has 1 N–H and O–H groups in total. The predicted octanol–water partition coefficient (Wildman–Crippen LogP) is 3.94. The highest BCUT2D eigenvalue weighted by Crippen LogP contribution is 2.31. The summed E-state index contributed by atoms with van der Waals surface area (Å²) in [6, 6.07) is 17.3. The van der Waals surface area contributed by atoms with Gasteiger partial charge >= 0.3 is 0 Å². The van der Waals surface area contributed by atoms with E-state index < -0.39 is 5.82 Å². The van der Waals surface area contributed by atoms with E-state index in [1.165, 1.54) is 23.9 Å². The van der Waals surface area contributed by atoms with Crippen LogP contribution in [0, 0.1) is 5.82 Å². The molecule has 0 saturated carbocycles. The predicted molar refractivity (Wildman–Crippen MR) is 113 cm³/mol. The van der Waals surface area contributed by atoms with Crippen LogP contribution in [-0.2, 0) is 4.79 Å². The quantitative estimate of drug-likeness (QED) is 0.456. The minimum Gasteiger partial charge on any atom is -0.496 e. The molecule has 0 aliphatic heterocycles. The summed E-state index contributed by atoms with van der Waals surface area (Å²) in [5.41, 5.74) is 0.911. The Morgan fingerprint density at radius 2 is 1.80 bits per heavy atom. The number of carbonyl (C=O) groups excluding carboxylic acids is 1. The van der Waals surface area contributed by atoms with Crippen molar-refractivity contribution >= 4 is 23.4 Å². The van der Waals surface area contributed by atoms with Crippen LogP contribution in [0.2, 0.25) is 0 Å². The fourth-order valence-electron chi connectivity index (χ4n) is 2.90. The van der Waals surface area contributed by atoms with Crippen LogP contribution in [0.25, 0.3) is 11.4 Å². The van der Waals surface area contributed by atoms with E-state index in [9.17, 15) is 9.18 Å². The molecule has 9 heteroatoms. The van der Waals surface area contributed by atoms with Crippen LogP contribution in [0.4, 0.5) is 10.1 Å². The van der Waals surface area contributed by atoms with Gasteiger partial charge in [-0.25, -0.2) is 9.07 Å². The third-order valence-corrected chi connectivity index (χ3v) is 5.18. The number of nitrogens with one attached hydrogen (secondary N) is 1. The van der Waals surface area contributed by atoms with Crippen LogP contribution >= 0.6 is 11.8 Å². The van der Waals surface area contributed by atoms with E-state index in [-0.39, 0.29) is 17.3 Å². The van der Waals surface area contributed by atoms with E-state index >= 15 is 0 Å². The van der Waals surface area contributed by atoms with Gasteiger partial charge in [0, 0.05) is 12.4 Å². The van der Waals surface area contributed by atoms with Crippen molar-refractivity contribution < 1.29 is 13.9 Å². The summed E-state index contributed by atoms with van der Waals surface area (Å²) in [7, 11) is 1.60. The lowest BCUT2D eigenvalue weighted by Crippen LogP contribution is -2.16. The lowest BCUT2D eigenvalue weighted by atomic mass is 10.2. The van der Waals surface area contributed by atoms with Crippen molar-refractivity contribution in [2.75, 3.05) is 18.2 Å². The van der Waals surface area contributed by atoms with E-state index in [1.807, 2.05) is 53.5 Å². The smallest absolute Gasteiger partial charge is 0.234 e. The van der Waals surface area contributed by atoms with Gasteiger partial charge in [-0.2, -0.15) is 0 Å². The first-order valence-corrected chi connectivity index (χ1v) is 10.1. The Morgan fingerprint density at radius 3 is 2.57 bits per heavy atom. The van der Waals surface area contributed by atoms with Crippen molar-refractivity contribution in [3.8, 4) is 17.1 Å². The van der Waals surface area contributed by atoms with Crippen LogP contribution in [0.1, 0.15) is 0 Å². The fourth-order valence-corrected chi connectivity index (χ4v) is 3.63. The van der Waals surface area contributed by atoms with Gasteiger partial charge in [-0.15, -0.1) is 10.2 Å². The number of anilines is 1. The molecule has 0 radical (unpaired) electrons. The Labute approximate surface area is 176 Å². The Morgan fingerprint density at radius 1 is 1.07 bits per heavy atom.